The van der Waals surface area contributed by atoms with E-state index >= 15 is 0 Å². The van der Waals surface area contributed by atoms with Crippen LogP contribution in [0.4, 0.5) is 5.69 Å². The lowest BCUT2D eigenvalue weighted by molar-refractivity contribution is -0.117. The quantitative estimate of drug-likeness (QED) is 0.861. The van der Waals surface area contributed by atoms with Gasteiger partial charge < -0.3 is 10.0 Å². The summed E-state index contributed by atoms with van der Waals surface area (Å²) in [4.78, 5) is 13.1. The second kappa shape index (κ2) is 4.12. The molecule has 1 aromatic rings. The highest BCUT2D eigenvalue weighted by molar-refractivity contribution is 9.10. The molecule has 1 aliphatic heterocycles. The molecule has 1 unspecified atom stereocenters. The number of halogens is 2. The van der Waals surface area contributed by atoms with Crippen LogP contribution in [-0.2, 0) is 4.79 Å². The Morgan fingerprint density at radius 3 is 2.73 bits per heavy atom. The van der Waals surface area contributed by atoms with Crippen LogP contribution in [0.1, 0.15) is 6.42 Å². The van der Waals surface area contributed by atoms with Crippen LogP contribution in [0.25, 0.3) is 0 Å². The fourth-order valence-electron chi connectivity index (χ4n) is 1.63. The first-order chi connectivity index (χ1) is 7.06. The van der Waals surface area contributed by atoms with Gasteiger partial charge in [0, 0.05) is 15.2 Å². The number of hydrogen-bond donors (Lipinski definition) is 1. The van der Waals surface area contributed by atoms with Gasteiger partial charge in [0.1, 0.15) is 0 Å². The number of rotatable bonds is 1. The van der Waals surface area contributed by atoms with Gasteiger partial charge in [-0.3, -0.25) is 4.79 Å². The maximum atomic E-state index is 11.5. The molecule has 1 saturated heterocycles. The van der Waals surface area contributed by atoms with Crippen LogP contribution in [0.2, 0.25) is 5.02 Å². The van der Waals surface area contributed by atoms with Gasteiger partial charge >= 0.3 is 0 Å². The lowest BCUT2D eigenvalue weighted by atomic mass is 10.3. The number of carbonyl (C=O) groups excluding carboxylic acids is 1. The zero-order chi connectivity index (χ0) is 11.0. The molecule has 1 aliphatic rings. The van der Waals surface area contributed by atoms with Gasteiger partial charge in [0.25, 0.3) is 0 Å². The Hall–Kier alpha value is -0.580. The van der Waals surface area contributed by atoms with Crippen LogP contribution in [0.15, 0.2) is 22.7 Å². The summed E-state index contributed by atoms with van der Waals surface area (Å²) in [6.45, 7) is 0.339. The summed E-state index contributed by atoms with van der Waals surface area (Å²) in [5, 5.41) is 9.93. The molecule has 0 spiro atoms. The highest BCUT2D eigenvalue weighted by atomic mass is 79.9. The number of nitrogens with zero attached hydrogens (tertiary/aromatic N) is 1. The average molecular weight is 291 g/mol. The van der Waals surface area contributed by atoms with Crippen molar-refractivity contribution in [2.24, 2.45) is 0 Å². The van der Waals surface area contributed by atoms with E-state index in [1.165, 1.54) is 0 Å². The summed E-state index contributed by atoms with van der Waals surface area (Å²) in [7, 11) is 0. The predicted octanol–water partition coefficient (Wildman–Crippen LogP) is 2.20. The van der Waals surface area contributed by atoms with Crippen molar-refractivity contribution >= 4 is 39.1 Å². The van der Waals surface area contributed by atoms with Crippen molar-refractivity contribution in [1.29, 1.82) is 0 Å². The molecule has 15 heavy (non-hydrogen) atoms. The number of carbonyl (C=O) groups is 1. The summed E-state index contributed by atoms with van der Waals surface area (Å²) in [5.41, 5.74) is 0.718. The molecule has 0 saturated carbocycles. The number of anilines is 1. The lowest BCUT2D eigenvalue weighted by Gasteiger charge is -2.16. The minimum atomic E-state index is -0.574. The highest BCUT2D eigenvalue weighted by Gasteiger charge is 2.29. The second-order valence-corrected chi connectivity index (χ2v) is 4.84. The Balaban J connectivity index is 2.33. The smallest absolute Gasteiger partial charge is 0.229 e. The number of aliphatic hydroxyl groups is 1. The van der Waals surface area contributed by atoms with Crippen LogP contribution in [0, 0.1) is 0 Å². The largest absolute Gasteiger partial charge is 0.391 e. The SMILES string of the molecule is O=C1CC(O)CN1c1cc(Cl)cc(Br)c1. The molecule has 5 heteroatoms. The fraction of sp³-hybridized carbons (Fsp3) is 0.300. The molecule has 0 aliphatic carbocycles. The average Bonchev–Trinajstić information content (AvgIpc) is 2.43. The van der Waals surface area contributed by atoms with Crippen molar-refractivity contribution in [2.45, 2.75) is 12.5 Å². The van der Waals surface area contributed by atoms with Gasteiger partial charge in [0.15, 0.2) is 0 Å². The molecule has 80 valence electrons. The molecule has 3 nitrogen and oxygen atoms in total. The van der Waals surface area contributed by atoms with E-state index < -0.39 is 6.10 Å². The molecule has 1 aromatic carbocycles. The Labute approximate surface area is 101 Å². The Morgan fingerprint density at radius 2 is 2.20 bits per heavy atom. The summed E-state index contributed by atoms with van der Waals surface area (Å²) in [6, 6.07) is 5.27. The monoisotopic (exact) mass is 289 g/mol. The summed E-state index contributed by atoms with van der Waals surface area (Å²) in [5.74, 6) is -0.0725. The van der Waals surface area contributed by atoms with E-state index in [4.69, 9.17) is 11.6 Å². The summed E-state index contributed by atoms with van der Waals surface area (Å²) in [6.07, 6.45) is -0.389. The van der Waals surface area contributed by atoms with Gasteiger partial charge in [-0.15, -0.1) is 0 Å². The first kappa shape index (κ1) is 10.9. The van der Waals surface area contributed by atoms with Gasteiger partial charge in [-0.05, 0) is 18.2 Å². The molecule has 1 atom stereocenters. The van der Waals surface area contributed by atoms with Gasteiger partial charge in [0.05, 0.1) is 19.1 Å². The van der Waals surface area contributed by atoms with Crippen LogP contribution in [-0.4, -0.2) is 23.7 Å². The molecular weight excluding hydrogens is 281 g/mol. The van der Waals surface area contributed by atoms with E-state index in [0.29, 0.717) is 11.6 Å². The molecule has 0 aromatic heterocycles. The molecule has 1 fully saturated rings. The zero-order valence-electron chi connectivity index (χ0n) is 7.78. The second-order valence-electron chi connectivity index (χ2n) is 3.49. The van der Waals surface area contributed by atoms with Crippen LogP contribution < -0.4 is 4.90 Å². The number of benzene rings is 1. The molecular formula is C10H9BrClNO2. The summed E-state index contributed by atoms with van der Waals surface area (Å²) >= 11 is 9.19. The molecule has 0 radical (unpaired) electrons. The van der Waals surface area contributed by atoms with Crippen molar-refractivity contribution in [3.8, 4) is 0 Å². The minimum Gasteiger partial charge on any atom is -0.391 e. The van der Waals surface area contributed by atoms with E-state index in [2.05, 4.69) is 15.9 Å². The van der Waals surface area contributed by atoms with Crippen molar-refractivity contribution in [1.82, 2.24) is 0 Å². The highest BCUT2D eigenvalue weighted by Crippen LogP contribution is 2.28. The number of β-amino-alcohol motifs (C(OH)–C–C–N with tert-alkyl or cyclic N) is 1. The Kier molecular flexibility index (Phi) is 3.00. The lowest BCUT2D eigenvalue weighted by Crippen LogP contribution is -2.25. The number of hydrogen-bond acceptors (Lipinski definition) is 2. The van der Waals surface area contributed by atoms with Crippen molar-refractivity contribution in [2.75, 3.05) is 11.4 Å². The van der Waals surface area contributed by atoms with Crippen molar-refractivity contribution < 1.29 is 9.90 Å². The van der Waals surface area contributed by atoms with Crippen LogP contribution in [0.3, 0.4) is 0 Å². The third-order valence-electron chi connectivity index (χ3n) is 2.26. The number of amides is 1. The van der Waals surface area contributed by atoms with Gasteiger partial charge in [0.2, 0.25) is 5.91 Å². The van der Waals surface area contributed by atoms with Gasteiger partial charge in [-0.1, -0.05) is 27.5 Å². The van der Waals surface area contributed by atoms with Gasteiger partial charge in [-0.25, -0.2) is 0 Å². The van der Waals surface area contributed by atoms with E-state index in [0.717, 1.165) is 10.2 Å². The zero-order valence-corrected chi connectivity index (χ0v) is 10.1. The molecule has 2 rings (SSSR count). The Bertz CT molecular complexity index is 390. The maximum Gasteiger partial charge on any atom is 0.229 e. The van der Waals surface area contributed by atoms with Crippen molar-refractivity contribution in [3.05, 3.63) is 27.7 Å². The fourth-order valence-corrected chi connectivity index (χ4v) is 2.48. The van der Waals surface area contributed by atoms with E-state index in [1.807, 2.05) is 6.07 Å². The van der Waals surface area contributed by atoms with E-state index in [9.17, 15) is 9.90 Å². The Morgan fingerprint density at radius 1 is 1.47 bits per heavy atom. The predicted molar refractivity (Wildman–Crippen MR) is 62.1 cm³/mol. The minimum absolute atomic E-state index is 0.0725. The molecule has 0 bridgehead atoms. The molecule has 1 amide bonds. The summed E-state index contributed by atoms with van der Waals surface area (Å²) < 4.78 is 0.819. The number of aliphatic hydroxyl groups excluding tert-OH is 1. The van der Waals surface area contributed by atoms with Gasteiger partial charge in [-0.2, -0.15) is 0 Å². The van der Waals surface area contributed by atoms with Crippen LogP contribution >= 0.6 is 27.5 Å². The first-order valence-corrected chi connectivity index (χ1v) is 5.68. The van der Waals surface area contributed by atoms with Crippen molar-refractivity contribution in [3.63, 3.8) is 0 Å². The third-order valence-corrected chi connectivity index (χ3v) is 2.94. The molecule has 1 heterocycles. The normalized spacial score (nSPS) is 21.1. The topological polar surface area (TPSA) is 40.5 Å². The first-order valence-electron chi connectivity index (χ1n) is 4.51. The standard InChI is InChI=1S/C10H9BrClNO2/c11-6-1-7(12)3-8(2-6)13-5-9(14)4-10(13)15/h1-3,9,14H,4-5H2. The third kappa shape index (κ3) is 2.33. The van der Waals surface area contributed by atoms with E-state index in [-0.39, 0.29) is 12.3 Å². The maximum absolute atomic E-state index is 11.5. The van der Waals surface area contributed by atoms with Crippen LogP contribution in [0.5, 0.6) is 0 Å². The van der Waals surface area contributed by atoms with E-state index in [1.54, 1.807) is 17.0 Å². The molecule has 1 N–H and O–H groups in total.